The number of rotatable bonds is 5. The van der Waals surface area contributed by atoms with E-state index in [0.29, 0.717) is 12.8 Å². The van der Waals surface area contributed by atoms with E-state index >= 15 is 0 Å². The molecule has 0 aromatic carbocycles. The van der Waals surface area contributed by atoms with Crippen LogP contribution < -0.4 is 0 Å². The fraction of sp³-hybridized carbons (Fsp3) is 0.900. The fourth-order valence-electron chi connectivity index (χ4n) is 2.14. The summed E-state index contributed by atoms with van der Waals surface area (Å²) in [5.41, 5.74) is 0. The molecule has 0 heterocycles. The predicted molar refractivity (Wildman–Crippen MR) is 53.7 cm³/mol. The van der Waals surface area contributed by atoms with Gasteiger partial charge in [0.2, 0.25) is 0 Å². The second kappa shape index (κ2) is 5.70. The summed E-state index contributed by atoms with van der Waals surface area (Å²) < 4.78 is 5.16. The third kappa shape index (κ3) is 3.23. The quantitative estimate of drug-likeness (QED) is 0.690. The van der Waals surface area contributed by atoms with Crippen molar-refractivity contribution in [3.63, 3.8) is 0 Å². The number of carbonyl (C=O) groups is 1. The van der Waals surface area contributed by atoms with Gasteiger partial charge in [0.1, 0.15) is 11.9 Å². The Balaban J connectivity index is 2.59. The Morgan fingerprint density at radius 1 is 1.31 bits per heavy atom. The average Bonchev–Trinajstić information content (AvgIpc) is 2.58. The van der Waals surface area contributed by atoms with Crippen LogP contribution in [0.2, 0.25) is 0 Å². The zero-order valence-corrected chi connectivity index (χ0v) is 9.79. The van der Waals surface area contributed by atoms with Crippen molar-refractivity contribution in [2.75, 3.05) is 7.11 Å². The van der Waals surface area contributed by atoms with Crippen LogP contribution in [0.15, 0.2) is 0 Å². The van der Waals surface area contributed by atoms with Crippen LogP contribution in [0.25, 0.3) is 0 Å². The third-order valence-electron chi connectivity index (χ3n) is 2.95. The molecule has 1 aliphatic rings. The Kier molecular flexibility index (Phi) is 4.82. The summed E-state index contributed by atoms with van der Waals surface area (Å²) in [6.45, 7) is 3.70. The van der Waals surface area contributed by atoms with Gasteiger partial charge in [-0.2, -0.15) is 0 Å². The molecule has 16 heavy (non-hydrogen) atoms. The minimum atomic E-state index is -0.493. The standard InChI is InChI=1S/C10H19NO5/c1-6(2)10(12)7-4-8(15-3)9(5-7)16-11(13)14/h6-9,13-14H,4-5H2,1-3H3/t7-,8?,9+/m1/s1. The van der Waals surface area contributed by atoms with Crippen LogP contribution in [-0.2, 0) is 14.4 Å². The molecule has 0 aliphatic heterocycles. The lowest BCUT2D eigenvalue weighted by Gasteiger charge is -2.18. The van der Waals surface area contributed by atoms with Gasteiger partial charge >= 0.3 is 0 Å². The van der Waals surface area contributed by atoms with Crippen molar-refractivity contribution < 1.29 is 24.8 Å². The van der Waals surface area contributed by atoms with Gasteiger partial charge in [-0.3, -0.25) is 15.2 Å². The fourth-order valence-corrected chi connectivity index (χ4v) is 2.14. The van der Waals surface area contributed by atoms with Gasteiger partial charge in [-0.25, -0.2) is 4.84 Å². The first-order chi connectivity index (χ1) is 7.45. The number of Topliss-reactive ketones (excluding diaryl/α,β-unsaturated/α-hetero) is 1. The van der Waals surface area contributed by atoms with Gasteiger partial charge in [0.15, 0.2) is 0 Å². The van der Waals surface area contributed by atoms with E-state index in [0.717, 1.165) is 0 Å². The molecular formula is C10H19NO5. The maximum atomic E-state index is 11.8. The second-order valence-corrected chi connectivity index (χ2v) is 4.40. The largest absolute Gasteiger partial charge is 0.379 e. The zero-order valence-electron chi connectivity index (χ0n) is 9.79. The Bertz CT molecular complexity index is 243. The predicted octanol–water partition coefficient (Wildman–Crippen LogP) is 1.02. The molecule has 6 nitrogen and oxygen atoms in total. The zero-order chi connectivity index (χ0) is 12.3. The summed E-state index contributed by atoms with van der Waals surface area (Å²) in [6.07, 6.45) is 0.237. The Morgan fingerprint density at radius 3 is 2.31 bits per heavy atom. The number of nitrogens with zero attached hydrogens (tertiary/aromatic N) is 1. The molecule has 6 heteroatoms. The van der Waals surface area contributed by atoms with Crippen molar-refractivity contribution >= 4 is 5.78 Å². The summed E-state index contributed by atoms with van der Waals surface area (Å²) in [4.78, 5) is 16.5. The van der Waals surface area contributed by atoms with Gasteiger partial charge in [-0.1, -0.05) is 13.8 Å². The third-order valence-corrected chi connectivity index (χ3v) is 2.95. The molecule has 0 amide bonds. The first kappa shape index (κ1) is 13.5. The minimum Gasteiger partial charge on any atom is -0.379 e. The summed E-state index contributed by atoms with van der Waals surface area (Å²) in [6, 6.07) is 0. The molecule has 0 spiro atoms. The van der Waals surface area contributed by atoms with E-state index in [1.807, 2.05) is 13.8 Å². The number of ketones is 1. The van der Waals surface area contributed by atoms with E-state index in [2.05, 4.69) is 0 Å². The van der Waals surface area contributed by atoms with E-state index in [1.54, 1.807) is 0 Å². The van der Waals surface area contributed by atoms with Crippen molar-refractivity contribution in [3.8, 4) is 0 Å². The van der Waals surface area contributed by atoms with Crippen molar-refractivity contribution in [2.45, 2.75) is 38.9 Å². The Hall–Kier alpha value is -0.530. The second-order valence-electron chi connectivity index (χ2n) is 4.40. The first-order valence-electron chi connectivity index (χ1n) is 5.36. The number of hydrogen-bond acceptors (Lipinski definition) is 6. The molecule has 0 bridgehead atoms. The van der Waals surface area contributed by atoms with Gasteiger partial charge in [0, 0.05) is 18.9 Å². The smallest absolute Gasteiger partial charge is 0.138 e. The highest BCUT2D eigenvalue weighted by Gasteiger charge is 2.40. The highest BCUT2D eigenvalue weighted by molar-refractivity contribution is 5.83. The molecular weight excluding hydrogens is 214 g/mol. The van der Waals surface area contributed by atoms with Gasteiger partial charge in [0.05, 0.1) is 11.5 Å². The minimum absolute atomic E-state index is 0.0272. The topological polar surface area (TPSA) is 79.2 Å². The molecule has 0 aromatic rings. The van der Waals surface area contributed by atoms with E-state index in [-0.39, 0.29) is 29.1 Å². The van der Waals surface area contributed by atoms with Crippen LogP contribution in [0.3, 0.4) is 0 Å². The van der Waals surface area contributed by atoms with Crippen LogP contribution >= 0.6 is 0 Å². The molecule has 0 aromatic heterocycles. The monoisotopic (exact) mass is 233 g/mol. The van der Waals surface area contributed by atoms with Crippen molar-refractivity contribution in [1.82, 2.24) is 5.39 Å². The van der Waals surface area contributed by atoms with Crippen molar-refractivity contribution in [2.24, 2.45) is 11.8 Å². The van der Waals surface area contributed by atoms with Crippen LogP contribution in [0, 0.1) is 11.8 Å². The van der Waals surface area contributed by atoms with Crippen LogP contribution in [0.1, 0.15) is 26.7 Å². The number of carbonyl (C=O) groups excluding carboxylic acids is 1. The van der Waals surface area contributed by atoms with Crippen LogP contribution in [0.4, 0.5) is 0 Å². The number of ether oxygens (including phenoxy) is 1. The molecule has 1 aliphatic carbocycles. The molecule has 2 N–H and O–H groups in total. The van der Waals surface area contributed by atoms with Crippen molar-refractivity contribution in [3.05, 3.63) is 0 Å². The summed E-state index contributed by atoms with van der Waals surface area (Å²) >= 11 is 0. The van der Waals surface area contributed by atoms with Gasteiger partial charge in [-0.05, 0) is 12.8 Å². The van der Waals surface area contributed by atoms with Crippen molar-refractivity contribution in [1.29, 1.82) is 0 Å². The molecule has 94 valence electrons. The van der Waals surface area contributed by atoms with E-state index in [1.165, 1.54) is 7.11 Å². The Morgan fingerprint density at radius 2 is 1.88 bits per heavy atom. The number of methoxy groups -OCH3 is 1. The molecule has 1 saturated carbocycles. The normalized spacial score (nSPS) is 30.3. The van der Waals surface area contributed by atoms with Crippen LogP contribution in [0.5, 0.6) is 0 Å². The van der Waals surface area contributed by atoms with Gasteiger partial charge < -0.3 is 4.74 Å². The molecule has 3 atom stereocenters. The number of hydrogen-bond donors (Lipinski definition) is 2. The first-order valence-corrected chi connectivity index (χ1v) is 5.36. The SMILES string of the molecule is COC1C[C@@H](C(=O)C(C)C)C[C@@H]1ON(O)O. The lowest BCUT2D eigenvalue weighted by atomic mass is 9.94. The lowest BCUT2D eigenvalue weighted by Crippen LogP contribution is -2.31. The maximum absolute atomic E-state index is 11.8. The molecule has 1 rings (SSSR count). The van der Waals surface area contributed by atoms with E-state index in [9.17, 15) is 4.79 Å². The Labute approximate surface area is 94.6 Å². The molecule has 1 fully saturated rings. The van der Waals surface area contributed by atoms with Gasteiger partial charge in [-0.15, -0.1) is 0 Å². The summed E-state index contributed by atoms with van der Waals surface area (Å²) in [5, 5.41) is 16.9. The van der Waals surface area contributed by atoms with Crippen LogP contribution in [-0.4, -0.2) is 40.9 Å². The highest BCUT2D eigenvalue weighted by atomic mass is 17.1. The van der Waals surface area contributed by atoms with E-state index < -0.39 is 6.10 Å². The molecule has 0 radical (unpaired) electrons. The van der Waals surface area contributed by atoms with Gasteiger partial charge in [0.25, 0.3) is 0 Å². The van der Waals surface area contributed by atoms with E-state index in [4.69, 9.17) is 20.0 Å². The molecule has 1 unspecified atom stereocenters. The maximum Gasteiger partial charge on any atom is 0.138 e. The lowest BCUT2D eigenvalue weighted by molar-refractivity contribution is -0.507. The highest BCUT2D eigenvalue weighted by Crippen LogP contribution is 2.32. The molecule has 0 saturated heterocycles. The average molecular weight is 233 g/mol. The summed E-state index contributed by atoms with van der Waals surface area (Å²) in [5.74, 6) is 0.00564. The summed E-state index contributed by atoms with van der Waals surface area (Å²) in [7, 11) is 1.52.